The van der Waals surface area contributed by atoms with Gasteiger partial charge in [0.05, 0.1) is 6.61 Å². The van der Waals surface area contributed by atoms with Crippen molar-refractivity contribution in [3.05, 3.63) is 65.2 Å². The minimum atomic E-state index is -0.483. The van der Waals surface area contributed by atoms with E-state index in [0.717, 1.165) is 5.56 Å². The van der Waals surface area contributed by atoms with Crippen molar-refractivity contribution in [1.29, 1.82) is 0 Å². The lowest BCUT2D eigenvalue weighted by Gasteiger charge is -2.16. The highest BCUT2D eigenvalue weighted by Gasteiger charge is 2.16. The first kappa shape index (κ1) is 16.1. The molecule has 22 heavy (non-hydrogen) atoms. The number of ether oxygens (including phenoxy) is 1. The highest BCUT2D eigenvalue weighted by Crippen LogP contribution is 2.34. The third kappa shape index (κ3) is 3.87. The maximum absolute atomic E-state index is 10.1. The first-order valence-electron chi connectivity index (χ1n) is 7.16. The summed E-state index contributed by atoms with van der Waals surface area (Å²) in [5.41, 5.74) is 1.76. The molecule has 1 atom stereocenters. The summed E-state index contributed by atoms with van der Waals surface area (Å²) in [5, 5.41) is 29.1. The normalized spacial score (nSPS) is 12.6. The van der Waals surface area contributed by atoms with Crippen molar-refractivity contribution in [2.75, 3.05) is 6.61 Å². The van der Waals surface area contributed by atoms with E-state index in [1.165, 1.54) is 12.1 Å². The summed E-state index contributed by atoms with van der Waals surface area (Å²) in [5.74, 6) is -0.0777. The van der Waals surface area contributed by atoms with E-state index >= 15 is 0 Å². The predicted octanol–water partition coefficient (Wildman–Crippen LogP) is 3.38. The lowest BCUT2D eigenvalue weighted by atomic mass is 10.0. The quantitative estimate of drug-likeness (QED) is 0.715. The zero-order valence-corrected chi connectivity index (χ0v) is 12.4. The van der Waals surface area contributed by atoms with Gasteiger partial charge in [-0.3, -0.25) is 0 Å². The molecule has 0 aliphatic heterocycles. The molecule has 2 aromatic rings. The number of aliphatic hydroxyl groups excluding tert-OH is 1. The molecule has 0 bridgehead atoms. The van der Waals surface area contributed by atoms with Crippen molar-refractivity contribution in [2.24, 2.45) is 0 Å². The smallest absolute Gasteiger partial charge is 0.122 e. The van der Waals surface area contributed by atoms with Crippen LogP contribution in [-0.2, 0) is 11.3 Å². The van der Waals surface area contributed by atoms with Gasteiger partial charge in [0.1, 0.15) is 17.6 Å². The Hall–Kier alpha value is -2.30. The molecule has 4 nitrogen and oxygen atoms in total. The van der Waals surface area contributed by atoms with Crippen LogP contribution in [0.3, 0.4) is 0 Å². The Morgan fingerprint density at radius 1 is 1.09 bits per heavy atom. The molecule has 0 aromatic heterocycles. The molecule has 3 N–H and O–H groups in total. The second kappa shape index (κ2) is 7.64. The van der Waals surface area contributed by atoms with E-state index in [1.54, 1.807) is 0 Å². The van der Waals surface area contributed by atoms with Gasteiger partial charge in [-0.1, -0.05) is 42.5 Å². The molecule has 0 saturated heterocycles. The topological polar surface area (TPSA) is 69.9 Å². The number of benzene rings is 2. The Bertz CT molecular complexity index is 635. The van der Waals surface area contributed by atoms with Crippen molar-refractivity contribution in [2.45, 2.75) is 19.6 Å². The predicted molar refractivity (Wildman–Crippen MR) is 85.5 cm³/mol. The van der Waals surface area contributed by atoms with Gasteiger partial charge in [0.15, 0.2) is 0 Å². The van der Waals surface area contributed by atoms with Gasteiger partial charge < -0.3 is 20.1 Å². The summed E-state index contributed by atoms with van der Waals surface area (Å²) >= 11 is 0. The lowest BCUT2D eigenvalue weighted by Crippen LogP contribution is -2.02. The highest BCUT2D eigenvalue weighted by atomic mass is 16.5. The van der Waals surface area contributed by atoms with Crippen LogP contribution in [0.25, 0.3) is 6.08 Å². The first-order valence-corrected chi connectivity index (χ1v) is 7.16. The second-order valence-corrected chi connectivity index (χ2v) is 4.84. The molecule has 0 aliphatic rings. The minimum absolute atomic E-state index is 0.0157. The van der Waals surface area contributed by atoms with Crippen LogP contribution in [0.4, 0.5) is 0 Å². The van der Waals surface area contributed by atoms with E-state index in [4.69, 9.17) is 9.84 Å². The largest absolute Gasteiger partial charge is 0.508 e. The molecule has 0 fully saturated rings. The summed E-state index contributed by atoms with van der Waals surface area (Å²) < 4.78 is 5.64. The maximum Gasteiger partial charge on any atom is 0.122 e. The number of phenolic OH excluding ortho intramolecular Hbond substituents is 1. The standard InChI is InChI=1S/C18H20O4/c1-2-22-18(9-8-13-6-4-3-5-7-13)15-11-16(20)14(12-19)10-17(15)21/h3-11,18-21H,2,12H2,1H3. The van der Waals surface area contributed by atoms with E-state index < -0.39 is 6.10 Å². The molecule has 0 heterocycles. The molecule has 0 amide bonds. The molecule has 2 aromatic carbocycles. The monoisotopic (exact) mass is 300 g/mol. The summed E-state index contributed by atoms with van der Waals surface area (Å²) in [6.45, 7) is 1.99. The number of rotatable bonds is 6. The van der Waals surface area contributed by atoms with Crippen molar-refractivity contribution < 1.29 is 20.1 Å². The Balaban J connectivity index is 2.32. The number of hydrogen-bond acceptors (Lipinski definition) is 4. The summed E-state index contributed by atoms with van der Waals surface area (Å²) in [7, 11) is 0. The molecule has 0 spiro atoms. The van der Waals surface area contributed by atoms with Gasteiger partial charge in [-0.2, -0.15) is 0 Å². The fraction of sp³-hybridized carbons (Fsp3) is 0.222. The number of phenols is 2. The molecule has 1 unspecified atom stereocenters. The van der Waals surface area contributed by atoms with Crippen LogP contribution >= 0.6 is 0 Å². The Kier molecular flexibility index (Phi) is 5.58. The SMILES string of the molecule is CCOC(C=Cc1ccccc1)c1cc(O)c(CO)cc1O. The summed E-state index contributed by atoms with van der Waals surface area (Å²) in [6.07, 6.45) is 3.24. The summed E-state index contributed by atoms with van der Waals surface area (Å²) in [6, 6.07) is 12.5. The van der Waals surface area contributed by atoms with Crippen LogP contribution in [-0.4, -0.2) is 21.9 Å². The average molecular weight is 300 g/mol. The molecule has 0 saturated carbocycles. The van der Waals surface area contributed by atoms with Crippen LogP contribution in [0.1, 0.15) is 29.7 Å². The molecule has 4 heteroatoms. The molecular formula is C18H20O4. The fourth-order valence-electron chi connectivity index (χ4n) is 2.18. The molecular weight excluding hydrogens is 280 g/mol. The van der Waals surface area contributed by atoms with E-state index in [9.17, 15) is 10.2 Å². The zero-order valence-electron chi connectivity index (χ0n) is 12.4. The Morgan fingerprint density at radius 3 is 2.45 bits per heavy atom. The highest BCUT2D eigenvalue weighted by molar-refractivity contribution is 5.53. The van der Waals surface area contributed by atoms with Gasteiger partial charge in [-0.15, -0.1) is 0 Å². The fourth-order valence-corrected chi connectivity index (χ4v) is 2.18. The average Bonchev–Trinajstić information content (AvgIpc) is 2.54. The van der Waals surface area contributed by atoms with Crippen molar-refractivity contribution in [3.63, 3.8) is 0 Å². The Labute approximate surface area is 129 Å². The van der Waals surface area contributed by atoms with Gasteiger partial charge in [0.2, 0.25) is 0 Å². The van der Waals surface area contributed by atoms with Gasteiger partial charge in [-0.25, -0.2) is 0 Å². The van der Waals surface area contributed by atoms with Crippen molar-refractivity contribution in [3.8, 4) is 11.5 Å². The van der Waals surface area contributed by atoms with Gasteiger partial charge in [0.25, 0.3) is 0 Å². The van der Waals surface area contributed by atoms with Crippen LogP contribution in [0, 0.1) is 0 Å². The second-order valence-electron chi connectivity index (χ2n) is 4.84. The van der Waals surface area contributed by atoms with E-state index in [2.05, 4.69) is 0 Å². The number of aromatic hydroxyl groups is 2. The van der Waals surface area contributed by atoms with E-state index in [0.29, 0.717) is 12.2 Å². The number of hydrogen-bond donors (Lipinski definition) is 3. The first-order chi connectivity index (χ1) is 10.7. The molecule has 0 aliphatic carbocycles. The maximum atomic E-state index is 10.1. The minimum Gasteiger partial charge on any atom is -0.508 e. The van der Waals surface area contributed by atoms with E-state index in [-0.39, 0.29) is 23.7 Å². The summed E-state index contributed by atoms with van der Waals surface area (Å²) in [4.78, 5) is 0. The van der Waals surface area contributed by atoms with Crippen molar-refractivity contribution in [1.82, 2.24) is 0 Å². The lowest BCUT2D eigenvalue weighted by molar-refractivity contribution is 0.0952. The van der Waals surface area contributed by atoms with Gasteiger partial charge in [0, 0.05) is 17.7 Å². The molecule has 0 radical (unpaired) electrons. The van der Waals surface area contributed by atoms with Gasteiger partial charge >= 0.3 is 0 Å². The van der Waals surface area contributed by atoms with Gasteiger partial charge in [-0.05, 0) is 24.6 Å². The number of aliphatic hydroxyl groups is 1. The van der Waals surface area contributed by atoms with Crippen LogP contribution < -0.4 is 0 Å². The van der Waals surface area contributed by atoms with Crippen molar-refractivity contribution >= 4 is 6.08 Å². The Morgan fingerprint density at radius 2 is 1.82 bits per heavy atom. The third-order valence-corrected chi connectivity index (χ3v) is 3.31. The van der Waals surface area contributed by atoms with Crippen LogP contribution in [0.5, 0.6) is 11.5 Å². The molecule has 116 valence electrons. The third-order valence-electron chi connectivity index (χ3n) is 3.31. The van der Waals surface area contributed by atoms with Crippen LogP contribution in [0.2, 0.25) is 0 Å². The van der Waals surface area contributed by atoms with E-state index in [1.807, 2.05) is 49.4 Å². The van der Waals surface area contributed by atoms with Crippen LogP contribution in [0.15, 0.2) is 48.5 Å². The molecule has 2 rings (SSSR count). The zero-order chi connectivity index (χ0) is 15.9.